The molecule has 1 aromatic carbocycles. The Labute approximate surface area is 180 Å². The molecule has 0 radical (unpaired) electrons. The van der Waals surface area contributed by atoms with Crippen LogP contribution in [0.15, 0.2) is 53.0 Å². The maximum Gasteiger partial charge on any atom is 0.144 e. The lowest BCUT2D eigenvalue weighted by atomic mass is 10.00. The SMILES string of the molecule is CN1CCC(OC2c3ccccc3CCn3cc(SCc4cccs4)nc32)CC1. The normalized spacial score (nSPS) is 20.2. The largest absolute Gasteiger partial charge is 0.362 e. The fraction of sp³-hybridized carbons (Fsp3) is 0.435. The van der Waals surface area contributed by atoms with Gasteiger partial charge in [0.25, 0.3) is 0 Å². The van der Waals surface area contributed by atoms with Crippen molar-refractivity contribution >= 4 is 23.1 Å². The van der Waals surface area contributed by atoms with Gasteiger partial charge in [0.1, 0.15) is 17.0 Å². The number of ether oxygens (including phenoxy) is 1. The van der Waals surface area contributed by atoms with Gasteiger partial charge in [0.2, 0.25) is 0 Å². The van der Waals surface area contributed by atoms with Crippen LogP contribution in [0.1, 0.15) is 40.8 Å². The number of hydrogen-bond donors (Lipinski definition) is 0. The van der Waals surface area contributed by atoms with Crippen molar-refractivity contribution in [2.75, 3.05) is 20.1 Å². The van der Waals surface area contributed by atoms with E-state index in [1.54, 1.807) is 0 Å². The topological polar surface area (TPSA) is 30.3 Å². The van der Waals surface area contributed by atoms with Crippen molar-refractivity contribution in [1.82, 2.24) is 14.5 Å². The standard InChI is InChI=1S/C23H27N3OS2/c1-25-11-9-18(10-12-25)27-22-20-7-3-2-5-17(20)8-13-26-15-21(24-23(22)26)29-16-19-6-4-14-28-19/h2-7,14-15,18,22H,8-13,16H2,1H3. The summed E-state index contributed by atoms with van der Waals surface area (Å²) >= 11 is 3.64. The van der Waals surface area contributed by atoms with E-state index in [2.05, 4.69) is 64.5 Å². The molecule has 1 atom stereocenters. The van der Waals surface area contributed by atoms with E-state index < -0.39 is 0 Å². The first-order valence-electron chi connectivity index (χ1n) is 10.4. The number of benzene rings is 1. The van der Waals surface area contributed by atoms with E-state index in [9.17, 15) is 0 Å². The van der Waals surface area contributed by atoms with Crippen LogP contribution in [0.5, 0.6) is 0 Å². The molecule has 4 heterocycles. The molecule has 1 unspecified atom stereocenters. The minimum absolute atomic E-state index is 0.0711. The number of fused-ring (bicyclic) bond motifs is 2. The van der Waals surface area contributed by atoms with Gasteiger partial charge < -0.3 is 14.2 Å². The maximum atomic E-state index is 6.76. The van der Waals surface area contributed by atoms with Crippen LogP contribution in [0.25, 0.3) is 0 Å². The molecule has 29 heavy (non-hydrogen) atoms. The van der Waals surface area contributed by atoms with Gasteiger partial charge in [-0.15, -0.1) is 11.3 Å². The van der Waals surface area contributed by atoms with Gasteiger partial charge in [0.15, 0.2) is 0 Å². The van der Waals surface area contributed by atoms with Crippen LogP contribution in [0.2, 0.25) is 0 Å². The molecule has 152 valence electrons. The summed E-state index contributed by atoms with van der Waals surface area (Å²) in [6, 6.07) is 13.1. The lowest BCUT2D eigenvalue weighted by molar-refractivity contribution is -0.0276. The van der Waals surface area contributed by atoms with Gasteiger partial charge in [-0.3, -0.25) is 0 Å². The van der Waals surface area contributed by atoms with E-state index in [1.165, 1.54) is 16.0 Å². The van der Waals surface area contributed by atoms with Crippen molar-refractivity contribution in [3.8, 4) is 0 Å². The fourth-order valence-corrected chi connectivity index (χ4v) is 5.93. The third kappa shape index (κ3) is 4.31. The first-order valence-corrected chi connectivity index (χ1v) is 12.3. The van der Waals surface area contributed by atoms with Crippen molar-refractivity contribution < 1.29 is 4.74 Å². The Morgan fingerprint density at radius 2 is 2.00 bits per heavy atom. The zero-order valence-corrected chi connectivity index (χ0v) is 18.4. The first kappa shape index (κ1) is 19.4. The third-order valence-corrected chi connectivity index (χ3v) is 7.92. The molecule has 6 heteroatoms. The van der Waals surface area contributed by atoms with Crippen molar-refractivity contribution in [2.24, 2.45) is 0 Å². The molecule has 2 aliphatic rings. The van der Waals surface area contributed by atoms with E-state index in [4.69, 9.17) is 9.72 Å². The molecule has 0 aliphatic carbocycles. The molecule has 2 aliphatic heterocycles. The summed E-state index contributed by atoms with van der Waals surface area (Å²) in [6.45, 7) is 3.18. The average Bonchev–Trinajstić information content (AvgIpc) is 3.38. The highest BCUT2D eigenvalue weighted by molar-refractivity contribution is 7.98. The van der Waals surface area contributed by atoms with Gasteiger partial charge in [-0.05, 0) is 48.9 Å². The lowest BCUT2D eigenvalue weighted by Gasteiger charge is -2.32. The number of thioether (sulfide) groups is 1. The van der Waals surface area contributed by atoms with Crippen LogP contribution in [0, 0.1) is 0 Å². The Kier molecular flexibility index (Phi) is 5.77. The van der Waals surface area contributed by atoms with Crippen LogP contribution in [0.4, 0.5) is 0 Å². The van der Waals surface area contributed by atoms with Gasteiger partial charge in [-0.1, -0.05) is 42.1 Å². The quantitative estimate of drug-likeness (QED) is 0.539. The Hall–Kier alpha value is -1.60. The highest BCUT2D eigenvalue weighted by atomic mass is 32.2. The Morgan fingerprint density at radius 3 is 2.83 bits per heavy atom. The number of piperidine rings is 1. The highest BCUT2D eigenvalue weighted by Gasteiger charge is 2.30. The van der Waals surface area contributed by atoms with Gasteiger partial charge in [0, 0.05) is 36.5 Å². The highest BCUT2D eigenvalue weighted by Crippen LogP contribution is 2.36. The summed E-state index contributed by atoms with van der Waals surface area (Å²) in [6.07, 6.45) is 5.67. The molecule has 0 amide bonds. The van der Waals surface area contributed by atoms with Crippen LogP contribution in [-0.4, -0.2) is 40.7 Å². The summed E-state index contributed by atoms with van der Waals surface area (Å²) in [7, 11) is 2.20. The minimum atomic E-state index is -0.0711. The lowest BCUT2D eigenvalue weighted by Crippen LogP contribution is -2.35. The van der Waals surface area contributed by atoms with Gasteiger partial charge in [-0.25, -0.2) is 4.98 Å². The summed E-state index contributed by atoms with van der Waals surface area (Å²) < 4.78 is 9.09. The molecule has 2 aromatic heterocycles. The molecule has 1 fully saturated rings. The molecular weight excluding hydrogens is 398 g/mol. The first-order chi connectivity index (χ1) is 14.3. The van der Waals surface area contributed by atoms with Crippen LogP contribution >= 0.6 is 23.1 Å². The monoisotopic (exact) mass is 425 g/mol. The molecule has 0 N–H and O–H groups in total. The molecule has 0 bridgehead atoms. The number of imidazole rings is 1. The second kappa shape index (κ2) is 8.64. The smallest absolute Gasteiger partial charge is 0.144 e. The van der Waals surface area contributed by atoms with Crippen molar-refractivity contribution in [3.63, 3.8) is 0 Å². The van der Waals surface area contributed by atoms with Gasteiger partial charge in [0.05, 0.1) is 6.10 Å². The summed E-state index contributed by atoms with van der Waals surface area (Å²) in [5.41, 5.74) is 2.69. The summed E-state index contributed by atoms with van der Waals surface area (Å²) in [5, 5.41) is 3.24. The van der Waals surface area contributed by atoms with E-state index in [-0.39, 0.29) is 6.10 Å². The van der Waals surface area contributed by atoms with Crippen LogP contribution < -0.4 is 0 Å². The minimum Gasteiger partial charge on any atom is -0.362 e. The van der Waals surface area contributed by atoms with E-state index in [1.807, 2.05) is 23.1 Å². The van der Waals surface area contributed by atoms with E-state index in [0.717, 1.165) is 55.5 Å². The molecule has 0 spiro atoms. The van der Waals surface area contributed by atoms with E-state index >= 15 is 0 Å². The Morgan fingerprint density at radius 1 is 1.14 bits per heavy atom. The number of rotatable bonds is 5. The zero-order chi connectivity index (χ0) is 19.6. The molecule has 3 aromatic rings. The molecule has 0 saturated carbocycles. The van der Waals surface area contributed by atoms with Crippen molar-refractivity contribution in [1.29, 1.82) is 0 Å². The molecule has 1 saturated heterocycles. The number of thiophene rings is 1. The second-order valence-electron chi connectivity index (χ2n) is 7.97. The van der Waals surface area contributed by atoms with Crippen LogP contribution in [0.3, 0.4) is 0 Å². The third-order valence-electron chi connectivity index (χ3n) is 5.92. The number of nitrogens with zero attached hydrogens (tertiary/aromatic N) is 3. The summed E-state index contributed by atoms with van der Waals surface area (Å²) in [4.78, 5) is 8.85. The molecule has 4 nitrogen and oxygen atoms in total. The molecular formula is C23H27N3OS2. The predicted octanol–water partition coefficient (Wildman–Crippen LogP) is 4.99. The fourth-order valence-electron chi connectivity index (χ4n) is 4.25. The van der Waals surface area contributed by atoms with E-state index in [0.29, 0.717) is 6.10 Å². The van der Waals surface area contributed by atoms with Crippen LogP contribution in [-0.2, 0) is 23.5 Å². The number of likely N-dealkylation sites (tertiary alicyclic amines) is 1. The molecule has 5 rings (SSSR count). The Balaban J connectivity index is 1.42. The average molecular weight is 426 g/mol. The zero-order valence-electron chi connectivity index (χ0n) is 16.8. The van der Waals surface area contributed by atoms with Crippen molar-refractivity contribution in [2.45, 2.75) is 48.8 Å². The number of hydrogen-bond acceptors (Lipinski definition) is 5. The predicted molar refractivity (Wildman–Crippen MR) is 120 cm³/mol. The Bertz CT molecular complexity index is 945. The number of aromatic nitrogens is 2. The second-order valence-corrected chi connectivity index (χ2v) is 9.99. The van der Waals surface area contributed by atoms with Crippen molar-refractivity contribution in [3.05, 3.63) is 69.8 Å². The maximum absolute atomic E-state index is 6.76. The van der Waals surface area contributed by atoms with Gasteiger partial charge >= 0.3 is 0 Å². The number of aryl methyl sites for hydroxylation is 2. The summed E-state index contributed by atoms with van der Waals surface area (Å²) in [5.74, 6) is 2.05. The van der Waals surface area contributed by atoms with Gasteiger partial charge in [-0.2, -0.15) is 0 Å².